The van der Waals surface area contributed by atoms with Gasteiger partial charge in [0.2, 0.25) is 5.52 Å². The van der Waals surface area contributed by atoms with Gasteiger partial charge in [-0.1, -0.05) is 30.3 Å². The molecule has 0 aliphatic rings. The molecule has 0 radical (unpaired) electrons. The van der Waals surface area contributed by atoms with Gasteiger partial charge in [-0.25, -0.2) is 4.57 Å². The van der Waals surface area contributed by atoms with Gasteiger partial charge in [0, 0.05) is 16.3 Å². The van der Waals surface area contributed by atoms with E-state index in [0.29, 0.717) is 0 Å². The van der Waals surface area contributed by atoms with Gasteiger partial charge in [-0.2, -0.15) is 0 Å². The minimum atomic E-state index is 0.883. The van der Waals surface area contributed by atoms with E-state index in [1.54, 1.807) is 7.11 Å². The average molecular weight is 314 g/mol. The molecule has 1 aromatic heterocycles. The van der Waals surface area contributed by atoms with Crippen molar-refractivity contribution in [1.29, 1.82) is 0 Å². The second kappa shape index (κ2) is 5.64. The summed E-state index contributed by atoms with van der Waals surface area (Å²) < 4.78 is 7.50. The molecule has 2 nitrogen and oxygen atoms in total. The van der Waals surface area contributed by atoms with Crippen LogP contribution in [0.15, 0.2) is 66.9 Å². The fraction of sp³-hybridized carbons (Fsp3) is 0.136. The van der Waals surface area contributed by atoms with Gasteiger partial charge in [0.15, 0.2) is 6.20 Å². The number of pyridine rings is 1. The summed E-state index contributed by atoms with van der Waals surface area (Å²) in [4.78, 5) is 0. The summed E-state index contributed by atoms with van der Waals surface area (Å²) in [5.41, 5.74) is 5.01. The minimum Gasteiger partial charge on any atom is -0.497 e. The molecule has 0 bridgehead atoms. The van der Waals surface area contributed by atoms with E-state index in [1.165, 1.54) is 38.4 Å². The van der Waals surface area contributed by atoms with E-state index in [1.807, 2.05) is 12.1 Å². The second-order valence-electron chi connectivity index (χ2n) is 6.25. The molecule has 2 heteroatoms. The van der Waals surface area contributed by atoms with Gasteiger partial charge in [-0.05, 0) is 48.4 Å². The molecule has 0 saturated heterocycles. The van der Waals surface area contributed by atoms with Crippen molar-refractivity contribution in [3.63, 3.8) is 0 Å². The van der Waals surface area contributed by atoms with E-state index < -0.39 is 0 Å². The zero-order chi connectivity index (χ0) is 16.7. The normalized spacial score (nSPS) is 11.1. The highest BCUT2D eigenvalue weighted by molar-refractivity contribution is 6.06. The van der Waals surface area contributed by atoms with E-state index in [9.17, 15) is 0 Å². The maximum Gasteiger partial charge on any atom is 0.215 e. The number of hydrogen-bond acceptors (Lipinski definition) is 1. The van der Waals surface area contributed by atoms with E-state index in [2.05, 4.69) is 73.3 Å². The van der Waals surface area contributed by atoms with Gasteiger partial charge < -0.3 is 4.74 Å². The van der Waals surface area contributed by atoms with Crippen molar-refractivity contribution in [3.8, 4) is 16.9 Å². The summed E-state index contributed by atoms with van der Waals surface area (Å²) in [6, 6.07) is 21.4. The third kappa shape index (κ3) is 2.31. The molecule has 0 spiro atoms. The number of aromatic nitrogens is 1. The topological polar surface area (TPSA) is 13.1 Å². The quantitative estimate of drug-likeness (QED) is 0.382. The van der Waals surface area contributed by atoms with Crippen molar-refractivity contribution >= 4 is 21.7 Å². The summed E-state index contributed by atoms with van der Waals surface area (Å²) in [6.45, 7) is 2.18. The number of hydrogen-bond donors (Lipinski definition) is 0. The summed E-state index contributed by atoms with van der Waals surface area (Å²) in [6.07, 6.45) is 2.21. The smallest absolute Gasteiger partial charge is 0.215 e. The minimum absolute atomic E-state index is 0.883. The van der Waals surface area contributed by atoms with Crippen LogP contribution in [0.25, 0.3) is 32.8 Å². The van der Waals surface area contributed by atoms with Crippen LogP contribution in [0.5, 0.6) is 5.75 Å². The number of fused-ring (bicyclic) bond motifs is 3. The molecule has 4 aromatic rings. The van der Waals surface area contributed by atoms with Crippen LogP contribution in [0.4, 0.5) is 0 Å². The Hall–Kier alpha value is -2.87. The number of nitrogens with zero attached hydrogens (tertiary/aromatic N) is 1. The standard InChI is InChI=1S/C22H20NO/c1-15-12-18(16-8-10-19(24-3)11-9-16)13-21-20-7-5-4-6-17(20)14-23(2)22(15)21/h4-14H,1-3H3/q+1. The molecule has 4 rings (SSSR count). The van der Waals surface area contributed by atoms with Crippen LogP contribution in [0, 0.1) is 6.92 Å². The Labute approximate surface area is 141 Å². The Bertz CT molecular complexity index is 1050. The lowest BCUT2D eigenvalue weighted by Crippen LogP contribution is -2.29. The monoisotopic (exact) mass is 314 g/mol. The molecular weight excluding hydrogens is 294 g/mol. The second-order valence-corrected chi connectivity index (χ2v) is 6.25. The third-order valence-corrected chi connectivity index (χ3v) is 4.66. The van der Waals surface area contributed by atoms with Crippen LogP contribution in [0.1, 0.15) is 5.56 Å². The maximum atomic E-state index is 5.27. The van der Waals surface area contributed by atoms with Crippen LogP contribution >= 0.6 is 0 Å². The van der Waals surface area contributed by atoms with Gasteiger partial charge in [0.05, 0.1) is 12.5 Å². The van der Waals surface area contributed by atoms with Crippen molar-refractivity contribution < 1.29 is 9.30 Å². The van der Waals surface area contributed by atoms with Gasteiger partial charge >= 0.3 is 0 Å². The van der Waals surface area contributed by atoms with Crippen LogP contribution in [0.3, 0.4) is 0 Å². The van der Waals surface area contributed by atoms with Crippen molar-refractivity contribution in [2.24, 2.45) is 7.05 Å². The van der Waals surface area contributed by atoms with Gasteiger partial charge in [-0.3, -0.25) is 0 Å². The molecule has 0 atom stereocenters. The Balaban J connectivity index is 2.03. The molecule has 0 N–H and O–H groups in total. The van der Waals surface area contributed by atoms with Crippen molar-refractivity contribution in [2.75, 3.05) is 7.11 Å². The molecule has 24 heavy (non-hydrogen) atoms. The number of methoxy groups -OCH3 is 1. The molecule has 118 valence electrons. The van der Waals surface area contributed by atoms with Gasteiger partial charge in [0.25, 0.3) is 0 Å². The Kier molecular flexibility index (Phi) is 3.46. The summed E-state index contributed by atoms with van der Waals surface area (Å²) in [7, 11) is 3.82. The summed E-state index contributed by atoms with van der Waals surface area (Å²) in [5, 5.41) is 3.85. The zero-order valence-electron chi connectivity index (χ0n) is 14.2. The first-order valence-electron chi connectivity index (χ1n) is 8.13. The predicted molar refractivity (Wildman–Crippen MR) is 99.4 cm³/mol. The number of ether oxygens (including phenoxy) is 1. The molecule has 1 heterocycles. The Morgan fingerprint density at radius 3 is 2.33 bits per heavy atom. The first kappa shape index (κ1) is 14.7. The van der Waals surface area contributed by atoms with E-state index in [0.717, 1.165) is 5.75 Å². The summed E-state index contributed by atoms with van der Waals surface area (Å²) >= 11 is 0. The Morgan fingerprint density at radius 2 is 1.58 bits per heavy atom. The Morgan fingerprint density at radius 1 is 0.833 bits per heavy atom. The lowest BCUT2D eigenvalue weighted by atomic mass is 9.97. The van der Waals surface area contributed by atoms with E-state index in [-0.39, 0.29) is 0 Å². The fourth-order valence-corrected chi connectivity index (χ4v) is 3.53. The lowest BCUT2D eigenvalue weighted by Gasteiger charge is -2.09. The predicted octanol–water partition coefficient (Wildman–Crippen LogP) is 4.80. The highest BCUT2D eigenvalue weighted by Gasteiger charge is 2.14. The maximum absolute atomic E-state index is 5.27. The molecule has 0 saturated carbocycles. The first-order valence-corrected chi connectivity index (χ1v) is 8.13. The van der Waals surface area contributed by atoms with E-state index in [4.69, 9.17) is 4.74 Å². The summed E-state index contributed by atoms with van der Waals surface area (Å²) in [5.74, 6) is 0.883. The molecule has 0 aliphatic heterocycles. The molecule has 0 unspecified atom stereocenters. The number of benzene rings is 3. The third-order valence-electron chi connectivity index (χ3n) is 4.66. The average Bonchev–Trinajstić information content (AvgIpc) is 2.61. The highest BCUT2D eigenvalue weighted by atomic mass is 16.5. The lowest BCUT2D eigenvalue weighted by molar-refractivity contribution is -0.643. The van der Waals surface area contributed by atoms with Crippen molar-refractivity contribution in [1.82, 2.24) is 0 Å². The first-order chi connectivity index (χ1) is 11.7. The molecular formula is C22H20NO+. The zero-order valence-corrected chi connectivity index (χ0v) is 14.2. The van der Waals surface area contributed by atoms with Crippen LogP contribution < -0.4 is 9.30 Å². The number of rotatable bonds is 2. The fourth-order valence-electron chi connectivity index (χ4n) is 3.53. The van der Waals surface area contributed by atoms with Crippen LogP contribution in [-0.4, -0.2) is 7.11 Å². The highest BCUT2D eigenvalue weighted by Crippen LogP contribution is 2.31. The SMILES string of the molecule is COc1ccc(-c2cc(C)c3c(c2)c2ccccc2c[n+]3C)cc1. The van der Waals surface area contributed by atoms with Crippen molar-refractivity contribution in [3.05, 3.63) is 72.4 Å². The van der Waals surface area contributed by atoms with Crippen molar-refractivity contribution in [2.45, 2.75) is 6.92 Å². The molecule has 0 fully saturated rings. The van der Waals surface area contributed by atoms with Gasteiger partial charge in [0.1, 0.15) is 12.8 Å². The van der Waals surface area contributed by atoms with Gasteiger partial charge in [-0.15, -0.1) is 0 Å². The molecule has 0 aliphatic carbocycles. The largest absolute Gasteiger partial charge is 0.497 e. The van der Waals surface area contributed by atoms with E-state index >= 15 is 0 Å². The van der Waals surface area contributed by atoms with Crippen LogP contribution in [-0.2, 0) is 7.05 Å². The van der Waals surface area contributed by atoms with Crippen LogP contribution in [0.2, 0.25) is 0 Å². The number of aryl methyl sites for hydroxylation is 2. The molecule has 0 amide bonds. The molecule has 3 aromatic carbocycles.